The molecule has 0 aliphatic heterocycles. The Labute approximate surface area is 109 Å². The van der Waals surface area contributed by atoms with Gasteiger partial charge < -0.3 is 11.1 Å². The van der Waals surface area contributed by atoms with Gasteiger partial charge in [-0.25, -0.2) is 4.98 Å². The lowest BCUT2D eigenvalue weighted by Gasteiger charge is -2.00. The van der Waals surface area contributed by atoms with Crippen LogP contribution in [-0.2, 0) is 6.42 Å². The van der Waals surface area contributed by atoms with Crippen LogP contribution in [0.3, 0.4) is 0 Å². The quantitative estimate of drug-likeness (QED) is 0.774. The number of H-pyrrole nitrogens is 1. The highest BCUT2D eigenvalue weighted by Crippen LogP contribution is 2.16. The molecule has 2 aromatic heterocycles. The van der Waals surface area contributed by atoms with Crippen molar-refractivity contribution in [2.45, 2.75) is 20.3 Å². The molecule has 2 aromatic rings. The lowest BCUT2D eigenvalue weighted by atomic mass is 10.3. The number of carbonyl (C=O) groups is 1. The fraction of sp³-hybridized carbons (Fsp3) is 0.364. The van der Waals surface area contributed by atoms with Crippen molar-refractivity contribution in [2.24, 2.45) is 5.73 Å². The van der Waals surface area contributed by atoms with Crippen LogP contribution < -0.4 is 11.1 Å². The van der Waals surface area contributed by atoms with Crippen LogP contribution in [-0.4, -0.2) is 27.6 Å². The predicted molar refractivity (Wildman–Crippen MR) is 70.9 cm³/mol. The van der Waals surface area contributed by atoms with Crippen molar-refractivity contribution in [3.05, 3.63) is 27.3 Å². The molecule has 0 aliphatic carbocycles. The second kappa shape index (κ2) is 5.28. The maximum atomic E-state index is 11.9. The van der Waals surface area contributed by atoms with E-state index in [1.165, 1.54) is 11.3 Å². The number of carbonyl (C=O) groups excluding carboxylic acids is 1. The maximum absolute atomic E-state index is 11.9. The molecular formula is C11H15N5OS. The van der Waals surface area contributed by atoms with Crippen LogP contribution in [0.2, 0.25) is 0 Å². The van der Waals surface area contributed by atoms with Gasteiger partial charge in [0.05, 0.1) is 5.01 Å². The van der Waals surface area contributed by atoms with E-state index >= 15 is 0 Å². The number of nitrogens with two attached hydrogens (primary N) is 1. The van der Waals surface area contributed by atoms with E-state index < -0.39 is 0 Å². The first-order valence-corrected chi connectivity index (χ1v) is 6.47. The van der Waals surface area contributed by atoms with Crippen LogP contribution in [0.4, 0.5) is 5.82 Å². The number of aromatic amines is 1. The molecule has 7 heteroatoms. The Bertz CT molecular complexity index is 560. The van der Waals surface area contributed by atoms with Gasteiger partial charge in [0.15, 0.2) is 5.82 Å². The van der Waals surface area contributed by atoms with E-state index in [0.717, 1.165) is 16.3 Å². The molecule has 0 radical (unpaired) electrons. The number of thiazole rings is 1. The van der Waals surface area contributed by atoms with Gasteiger partial charge >= 0.3 is 0 Å². The first kappa shape index (κ1) is 12.7. The molecule has 0 aliphatic rings. The number of hydrogen-bond donors (Lipinski definition) is 3. The van der Waals surface area contributed by atoms with Gasteiger partial charge in [-0.1, -0.05) is 0 Å². The molecule has 0 aromatic carbocycles. The number of nitrogens with zero attached hydrogens (tertiary/aromatic N) is 2. The first-order chi connectivity index (χ1) is 8.61. The highest BCUT2D eigenvalue weighted by Gasteiger charge is 2.14. The summed E-state index contributed by atoms with van der Waals surface area (Å²) in [5.74, 6) is 0.301. The molecule has 0 saturated heterocycles. The van der Waals surface area contributed by atoms with Crippen LogP contribution in [0.25, 0.3) is 0 Å². The lowest BCUT2D eigenvalue weighted by molar-refractivity contribution is 0.102. The van der Waals surface area contributed by atoms with Crippen molar-refractivity contribution in [1.82, 2.24) is 15.2 Å². The standard InChI is InChI=1S/C11H15N5OS/c1-6-7(2)15-16-10(6)14-11(17)8-5-18-9(13-8)3-4-12/h5H,3-4,12H2,1-2H3,(H2,14,15,16,17). The van der Waals surface area contributed by atoms with Gasteiger partial charge in [0.25, 0.3) is 5.91 Å². The van der Waals surface area contributed by atoms with Crippen molar-refractivity contribution in [3.8, 4) is 0 Å². The zero-order valence-electron chi connectivity index (χ0n) is 10.3. The minimum atomic E-state index is -0.246. The average molecular weight is 265 g/mol. The van der Waals surface area contributed by atoms with Crippen molar-refractivity contribution in [3.63, 3.8) is 0 Å². The Morgan fingerprint density at radius 2 is 2.33 bits per heavy atom. The van der Waals surface area contributed by atoms with Gasteiger partial charge in [-0.05, 0) is 20.4 Å². The molecule has 0 bridgehead atoms. The Balaban J connectivity index is 2.09. The van der Waals surface area contributed by atoms with Crippen molar-refractivity contribution in [2.75, 3.05) is 11.9 Å². The second-order valence-electron chi connectivity index (χ2n) is 3.94. The Morgan fingerprint density at radius 1 is 1.56 bits per heavy atom. The van der Waals surface area contributed by atoms with Gasteiger partial charge in [0, 0.05) is 23.1 Å². The van der Waals surface area contributed by atoms with E-state index in [1.54, 1.807) is 5.38 Å². The van der Waals surface area contributed by atoms with Gasteiger partial charge in [0.1, 0.15) is 5.69 Å². The van der Waals surface area contributed by atoms with Gasteiger partial charge in [-0.2, -0.15) is 5.10 Å². The SMILES string of the molecule is Cc1[nH]nc(NC(=O)c2csc(CCN)n2)c1C. The number of nitrogens with one attached hydrogen (secondary N) is 2. The molecule has 0 atom stereocenters. The molecular weight excluding hydrogens is 250 g/mol. The zero-order chi connectivity index (χ0) is 13.1. The van der Waals surface area contributed by atoms with Crippen LogP contribution in [0, 0.1) is 13.8 Å². The van der Waals surface area contributed by atoms with E-state index in [4.69, 9.17) is 5.73 Å². The van der Waals surface area contributed by atoms with Crippen LogP contribution in [0.15, 0.2) is 5.38 Å². The van der Waals surface area contributed by atoms with Crippen molar-refractivity contribution in [1.29, 1.82) is 0 Å². The summed E-state index contributed by atoms with van der Waals surface area (Å²) in [6, 6.07) is 0. The number of aryl methyl sites for hydroxylation is 1. The molecule has 1 amide bonds. The number of rotatable bonds is 4. The van der Waals surface area contributed by atoms with Crippen molar-refractivity contribution >= 4 is 23.1 Å². The number of anilines is 1. The number of amides is 1. The van der Waals surface area contributed by atoms with E-state index in [9.17, 15) is 4.79 Å². The summed E-state index contributed by atoms with van der Waals surface area (Å²) in [6.45, 7) is 4.34. The Hall–Kier alpha value is -1.73. The molecule has 0 saturated carbocycles. The van der Waals surface area contributed by atoms with Crippen LogP contribution >= 0.6 is 11.3 Å². The molecule has 96 valence electrons. The Morgan fingerprint density at radius 3 is 2.94 bits per heavy atom. The summed E-state index contributed by atoms with van der Waals surface area (Å²) in [4.78, 5) is 16.2. The normalized spacial score (nSPS) is 10.6. The van der Waals surface area contributed by atoms with E-state index in [2.05, 4.69) is 20.5 Å². The third kappa shape index (κ3) is 2.57. The lowest BCUT2D eigenvalue weighted by Crippen LogP contribution is -2.13. The highest BCUT2D eigenvalue weighted by molar-refractivity contribution is 7.09. The molecule has 6 nitrogen and oxygen atoms in total. The predicted octanol–water partition coefficient (Wildman–Crippen LogP) is 1.24. The minimum Gasteiger partial charge on any atom is -0.330 e. The zero-order valence-corrected chi connectivity index (χ0v) is 11.1. The summed E-state index contributed by atoms with van der Waals surface area (Å²) in [5, 5.41) is 12.2. The summed E-state index contributed by atoms with van der Waals surface area (Å²) in [6.07, 6.45) is 0.693. The average Bonchev–Trinajstić information content (AvgIpc) is 2.92. The summed E-state index contributed by atoms with van der Waals surface area (Å²) >= 11 is 1.44. The Kier molecular flexibility index (Phi) is 3.73. The molecule has 2 rings (SSSR count). The maximum Gasteiger partial charge on any atom is 0.276 e. The van der Waals surface area contributed by atoms with Gasteiger partial charge in [-0.3, -0.25) is 9.89 Å². The fourth-order valence-electron chi connectivity index (χ4n) is 1.43. The topological polar surface area (TPSA) is 96.7 Å². The number of hydrogen-bond acceptors (Lipinski definition) is 5. The van der Waals surface area contributed by atoms with E-state index in [1.807, 2.05) is 13.8 Å². The largest absolute Gasteiger partial charge is 0.330 e. The summed E-state index contributed by atoms with van der Waals surface area (Å²) < 4.78 is 0. The second-order valence-corrected chi connectivity index (χ2v) is 4.88. The van der Waals surface area contributed by atoms with Gasteiger partial charge in [0.2, 0.25) is 0 Å². The van der Waals surface area contributed by atoms with E-state index in [0.29, 0.717) is 24.5 Å². The van der Waals surface area contributed by atoms with E-state index in [-0.39, 0.29) is 5.91 Å². The monoisotopic (exact) mass is 265 g/mol. The third-order valence-corrected chi connectivity index (χ3v) is 3.54. The van der Waals surface area contributed by atoms with Crippen LogP contribution in [0.5, 0.6) is 0 Å². The smallest absolute Gasteiger partial charge is 0.276 e. The molecule has 2 heterocycles. The summed E-state index contributed by atoms with van der Waals surface area (Å²) in [5.41, 5.74) is 7.72. The minimum absolute atomic E-state index is 0.246. The molecule has 4 N–H and O–H groups in total. The third-order valence-electron chi connectivity index (χ3n) is 2.63. The fourth-order valence-corrected chi connectivity index (χ4v) is 2.23. The molecule has 0 unspecified atom stereocenters. The van der Waals surface area contributed by atoms with Crippen molar-refractivity contribution < 1.29 is 4.79 Å². The molecule has 0 fully saturated rings. The number of aromatic nitrogens is 3. The first-order valence-electron chi connectivity index (χ1n) is 5.59. The highest BCUT2D eigenvalue weighted by atomic mass is 32.1. The van der Waals surface area contributed by atoms with Crippen LogP contribution in [0.1, 0.15) is 26.8 Å². The summed E-state index contributed by atoms with van der Waals surface area (Å²) in [7, 11) is 0. The van der Waals surface area contributed by atoms with Gasteiger partial charge in [-0.15, -0.1) is 11.3 Å². The molecule has 0 spiro atoms. The molecule has 18 heavy (non-hydrogen) atoms.